The van der Waals surface area contributed by atoms with Crippen molar-refractivity contribution in [3.63, 3.8) is 0 Å². The van der Waals surface area contributed by atoms with E-state index in [4.69, 9.17) is 10.8 Å². The van der Waals surface area contributed by atoms with E-state index >= 15 is 0 Å². The SMILES string of the molecule is NCC(O)COC=O. The van der Waals surface area contributed by atoms with E-state index in [1.54, 1.807) is 0 Å². The lowest BCUT2D eigenvalue weighted by molar-refractivity contribution is -0.131. The van der Waals surface area contributed by atoms with Crippen LogP contribution in [0.25, 0.3) is 0 Å². The third-order valence-electron chi connectivity index (χ3n) is 0.629. The maximum Gasteiger partial charge on any atom is 0.293 e. The zero-order chi connectivity index (χ0) is 6.41. The van der Waals surface area contributed by atoms with Crippen molar-refractivity contribution in [3.8, 4) is 0 Å². The van der Waals surface area contributed by atoms with Crippen molar-refractivity contribution in [3.05, 3.63) is 0 Å². The van der Waals surface area contributed by atoms with E-state index in [9.17, 15) is 4.79 Å². The highest BCUT2D eigenvalue weighted by Crippen LogP contribution is 1.76. The molecule has 0 saturated carbocycles. The molecule has 4 heteroatoms. The van der Waals surface area contributed by atoms with Crippen molar-refractivity contribution in [2.75, 3.05) is 13.2 Å². The van der Waals surface area contributed by atoms with Gasteiger partial charge in [0, 0.05) is 6.54 Å². The third-order valence-corrected chi connectivity index (χ3v) is 0.629. The predicted molar refractivity (Wildman–Crippen MR) is 27.1 cm³/mol. The van der Waals surface area contributed by atoms with Crippen molar-refractivity contribution < 1.29 is 14.6 Å². The molecule has 0 rings (SSSR count). The van der Waals surface area contributed by atoms with Crippen molar-refractivity contribution in [2.24, 2.45) is 5.73 Å². The van der Waals surface area contributed by atoms with Crippen LogP contribution in [-0.2, 0) is 9.53 Å². The van der Waals surface area contributed by atoms with E-state index in [0.717, 1.165) is 0 Å². The number of hydrogen-bond donors (Lipinski definition) is 2. The molecule has 0 aliphatic rings. The van der Waals surface area contributed by atoms with Crippen LogP contribution in [0.15, 0.2) is 0 Å². The molecule has 0 amide bonds. The molecule has 0 spiro atoms. The van der Waals surface area contributed by atoms with Gasteiger partial charge in [-0.1, -0.05) is 0 Å². The lowest BCUT2D eigenvalue weighted by Crippen LogP contribution is -2.24. The van der Waals surface area contributed by atoms with E-state index < -0.39 is 6.10 Å². The Morgan fingerprint density at radius 2 is 2.50 bits per heavy atom. The van der Waals surface area contributed by atoms with E-state index in [0.29, 0.717) is 0 Å². The molecule has 0 saturated heterocycles. The molecule has 48 valence electrons. The number of ether oxygens (including phenoxy) is 1. The average molecular weight is 119 g/mol. The molecule has 3 N–H and O–H groups in total. The maximum absolute atomic E-state index is 9.45. The summed E-state index contributed by atoms with van der Waals surface area (Å²) in [4.78, 5) is 9.45. The van der Waals surface area contributed by atoms with Gasteiger partial charge in [-0.2, -0.15) is 0 Å². The zero-order valence-electron chi connectivity index (χ0n) is 4.41. The Morgan fingerprint density at radius 3 is 2.88 bits per heavy atom. The van der Waals surface area contributed by atoms with Crippen LogP contribution in [0, 0.1) is 0 Å². The van der Waals surface area contributed by atoms with E-state index in [1.165, 1.54) is 0 Å². The Balaban J connectivity index is 2.97. The van der Waals surface area contributed by atoms with Gasteiger partial charge in [0.2, 0.25) is 0 Å². The quantitative estimate of drug-likeness (QED) is 0.441. The molecule has 8 heavy (non-hydrogen) atoms. The highest BCUT2D eigenvalue weighted by atomic mass is 16.5. The number of carbonyl (C=O) groups is 1. The van der Waals surface area contributed by atoms with Crippen LogP contribution in [0.3, 0.4) is 0 Å². The molecule has 0 fully saturated rings. The molecule has 0 heterocycles. The second-order valence-corrected chi connectivity index (χ2v) is 1.32. The number of rotatable bonds is 4. The molecule has 0 aliphatic heterocycles. The average Bonchev–Trinajstić information content (AvgIpc) is 1.83. The summed E-state index contributed by atoms with van der Waals surface area (Å²) < 4.78 is 4.18. The normalized spacial score (nSPS) is 12.8. The fourth-order valence-electron chi connectivity index (χ4n) is 0.218. The van der Waals surface area contributed by atoms with Gasteiger partial charge >= 0.3 is 0 Å². The van der Waals surface area contributed by atoms with E-state index in [-0.39, 0.29) is 19.6 Å². The summed E-state index contributed by atoms with van der Waals surface area (Å²) in [5, 5.41) is 8.58. The highest BCUT2D eigenvalue weighted by molar-refractivity contribution is 5.36. The molecular formula is C4H9NO3. The van der Waals surface area contributed by atoms with Crippen LogP contribution < -0.4 is 5.73 Å². The lowest BCUT2D eigenvalue weighted by Gasteiger charge is -2.02. The third kappa shape index (κ3) is 3.58. The molecule has 0 aromatic heterocycles. The number of aliphatic hydroxyl groups excluding tert-OH is 1. The first kappa shape index (κ1) is 7.39. The molecule has 0 bridgehead atoms. The molecule has 0 radical (unpaired) electrons. The number of nitrogens with two attached hydrogens (primary N) is 1. The smallest absolute Gasteiger partial charge is 0.293 e. The van der Waals surface area contributed by atoms with Gasteiger partial charge < -0.3 is 15.6 Å². The fraction of sp³-hybridized carbons (Fsp3) is 0.750. The minimum absolute atomic E-state index is 0.0139. The molecule has 4 nitrogen and oxygen atoms in total. The standard InChI is InChI=1S/C4H9NO3/c5-1-4(7)2-8-3-6/h3-4,7H,1-2,5H2. The fourth-order valence-corrected chi connectivity index (χ4v) is 0.218. The number of carbonyl (C=O) groups excluding carboxylic acids is 1. The van der Waals surface area contributed by atoms with Crippen LogP contribution >= 0.6 is 0 Å². The maximum atomic E-state index is 9.45. The molecule has 0 aliphatic carbocycles. The molecule has 0 aromatic carbocycles. The first-order valence-electron chi connectivity index (χ1n) is 2.24. The van der Waals surface area contributed by atoms with Crippen LogP contribution in [0.1, 0.15) is 0 Å². The summed E-state index contributed by atoms with van der Waals surface area (Å²) in [6.45, 7) is 0.382. The van der Waals surface area contributed by atoms with E-state index in [1.807, 2.05) is 0 Å². The summed E-state index contributed by atoms with van der Waals surface area (Å²) in [6.07, 6.45) is -0.722. The summed E-state index contributed by atoms with van der Waals surface area (Å²) in [7, 11) is 0. The first-order chi connectivity index (χ1) is 3.81. The second-order valence-electron chi connectivity index (χ2n) is 1.32. The minimum Gasteiger partial charge on any atom is -0.465 e. The molecule has 1 unspecified atom stereocenters. The first-order valence-corrected chi connectivity index (χ1v) is 2.24. The van der Waals surface area contributed by atoms with Crippen LogP contribution in [-0.4, -0.2) is 30.8 Å². The largest absolute Gasteiger partial charge is 0.465 e. The van der Waals surface area contributed by atoms with Gasteiger partial charge in [-0.05, 0) is 0 Å². The predicted octanol–water partition coefficient (Wildman–Crippen LogP) is -1.52. The Kier molecular flexibility index (Phi) is 4.20. The van der Waals surface area contributed by atoms with Gasteiger partial charge in [0.15, 0.2) is 0 Å². The summed E-state index contributed by atoms with van der Waals surface area (Å²) in [6, 6.07) is 0. The van der Waals surface area contributed by atoms with Gasteiger partial charge in [0.25, 0.3) is 6.47 Å². The van der Waals surface area contributed by atoms with E-state index in [2.05, 4.69) is 4.74 Å². The highest BCUT2D eigenvalue weighted by Gasteiger charge is 1.97. The monoisotopic (exact) mass is 119 g/mol. The van der Waals surface area contributed by atoms with Gasteiger partial charge in [0.05, 0.1) is 0 Å². The van der Waals surface area contributed by atoms with Gasteiger partial charge in [-0.25, -0.2) is 0 Å². The number of hydrogen-bond acceptors (Lipinski definition) is 4. The number of aliphatic hydroxyl groups is 1. The summed E-state index contributed by atoms with van der Waals surface area (Å²) >= 11 is 0. The van der Waals surface area contributed by atoms with Crippen molar-refractivity contribution in [1.29, 1.82) is 0 Å². The van der Waals surface area contributed by atoms with Crippen LogP contribution in [0.5, 0.6) is 0 Å². The minimum atomic E-state index is -0.722. The van der Waals surface area contributed by atoms with Crippen LogP contribution in [0.2, 0.25) is 0 Å². The molecule has 0 aromatic rings. The van der Waals surface area contributed by atoms with Gasteiger partial charge in [-0.15, -0.1) is 0 Å². The molecular weight excluding hydrogens is 110 g/mol. The van der Waals surface area contributed by atoms with Gasteiger partial charge in [0.1, 0.15) is 12.7 Å². The topological polar surface area (TPSA) is 72.6 Å². The van der Waals surface area contributed by atoms with Crippen molar-refractivity contribution in [2.45, 2.75) is 6.10 Å². The lowest BCUT2D eigenvalue weighted by atomic mass is 10.4. The van der Waals surface area contributed by atoms with Gasteiger partial charge in [-0.3, -0.25) is 4.79 Å². The Morgan fingerprint density at radius 1 is 1.88 bits per heavy atom. The second kappa shape index (κ2) is 4.55. The van der Waals surface area contributed by atoms with Crippen LogP contribution in [0.4, 0.5) is 0 Å². The Hall–Kier alpha value is -0.610. The van der Waals surface area contributed by atoms with Crippen molar-refractivity contribution >= 4 is 6.47 Å². The van der Waals surface area contributed by atoms with Crippen molar-refractivity contribution in [1.82, 2.24) is 0 Å². The Labute approximate surface area is 47.2 Å². The zero-order valence-corrected chi connectivity index (χ0v) is 4.41. The summed E-state index contributed by atoms with van der Waals surface area (Å²) in [5.74, 6) is 0. The molecule has 1 atom stereocenters. The Bertz CT molecular complexity index is 66.3. The summed E-state index contributed by atoms with van der Waals surface area (Å²) in [5.41, 5.74) is 4.97.